The van der Waals surface area contributed by atoms with Crippen LogP contribution in [0.2, 0.25) is 0 Å². The van der Waals surface area contributed by atoms with Crippen molar-refractivity contribution in [2.75, 3.05) is 6.54 Å². The van der Waals surface area contributed by atoms with Crippen molar-refractivity contribution in [2.24, 2.45) is 0 Å². The second kappa shape index (κ2) is 3.84. The third-order valence-electron chi connectivity index (χ3n) is 1.03. The summed E-state index contributed by atoms with van der Waals surface area (Å²) in [7, 11) is 0. The topological polar surface area (TPSA) is 40.7 Å². The van der Waals surface area contributed by atoms with E-state index >= 15 is 0 Å². The zero-order valence-electron chi connectivity index (χ0n) is 4.89. The third-order valence-corrected chi connectivity index (χ3v) is 1.57. The Morgan fingerprint density at radius 2 is 2.67 bits per heavy atom. The quantitative estimate of drug-likeness (QED) is 0.605. The summed E-state index contributed by atoms with van der Waals surface area (Å²) < 4.78 is 3.02. The fourth-order valence-corrected chi connectivity index (χ4v) is 0.873. The molecule has 0 saturated carbocycles. The molecule has 1 rings (SSSR count). The SMILES string of the molecule is INCCc1c[nH]cn1. The summed E-state index contributed by atoms with van der Waals surface area (Å²) in [4.78, 5) is 6.95. The van der Waals surface area contributed by atoms with Crippen LogP contribution in [0.3, 0.4) is 0 Å². The summed E-state index contributed by atoms with van der Waals surface area (Å²) in [6.45, 7) is 0.978. The summed E-state index contributed by atoms with van der Waals surface area (Å²) in [5.74, 6) is 0. The molecule has 50 valence electrons. The molecule has 9 heavy (non-hydrogen) atoms. The minimum atomic E-state index is 0.978. The fourth-order valence-electron chi connectivity index (χ4n) is 0.603. The molecule has 0 amide bonds. The van der Waals surface area contributed by atoms with Crippen LogP contribution in [-0.2, 0) is 6.42 Å². The first-order chi connectivity index (χ1) is 4.43. The molecule has 0 aliphatic heterocycles. The van der Waals surface area contributed by atoms with Gasteiger partial charge < -0.3 is 4.98 Å². The van der Waals surface area contributed by atoms with Gasteiger partial charge >= 0.3 is 0 Å². The van der Waals surface area contributed by atoms with Gasteiger partial charge in [-0.25, -0.2) is 4.98 Å². The summed E-state index contributed by atoms with van der Waals surface area (Å²) in [6.07, 6.45) is 4.60. The van der Waals surface area contributed by atoms with Gasteiger partial charge in [0, 0.05) is 42.0 Å². The molecule has 0 aliphatic carbocycles. The van der Waals surface area contributed by atoms with Gasteiger partial charge in [-0.1, -0.05) is 0 Å². The number of aromatic amines is 1. The van der Waals surface area contributed by atoms with Gasteiger partial charge in [-0.3, -0.25) is 3.53 Å². The summed E-state index contributed by atoms with van der Waals surface area (Å²) in [6, 6.07) is 0. The normalized spacial score (nSPS) is 9.89. The Kier molecular flexibility index (Phi) is 2.99. The van der Waals surface area contributed by atoms with Gasteiger partial charge in [0.2, 0.25) is 0 Å². The van der Waals surface area contributed by atoms with Crippen molar-refractivity contribution < 1.29 is 0 Å². The van der Waals surface area contributed by atoms with Gasteiger partial charge in [0.15, 0.2) is 0 Å². The first-order valence-corrected chi connectivity index (χ1v) is 3.82. The van der Waals surface area contributed by atoms with Gasteiger partial charge in [-0.2, -0.15) is 0 Å². The number of imidazole rings is 1. The van der Waals surface area contributed by atoms with Gasteiger partial charge in [0.25, 0.3) is 0 Å². The molecule has 0 fully saturated rings. The van der Waals surface area contributed by atoms with Crippen molar-refractivity contribution >= 4 is 22.9 Å². The minimum Gasteiger partial charge on any atom is -0.351 e. The van der Waals surface area contributed by atoms with E-state index < -0.39 is 0 Å². The van der Waals surface area contributed by atoms with Crippen molar-refractivity contribution in [1.29, 1.82) is 0 Å². The number of hydrogen-bond acceptors (Lipinski definition) is 2. The van der Waals surface area contributed by atoms with Crippen LogP contribution in [0, 0.1) is 0 Å². The van der Waals surface area contributed by atoms with Crippen molar-refractivity contribution in [1.82, 2.24) is 13.5 Å². The maximum absolute atomic E-state index is 4.05. The summed E-state index contributed by atoms with van der Waals surface area (Å²) in [5, 5.41) is 0. The Balaban J connectivity index is 2.30. The molecule has 0 aliphatic rings. The van der Waals surface area contributed by atoms with Crippen LogP contribution in [0.15, 0.2) is 12.5 Å². The molecule has 1 heterocycles. The zero-order chi connectivity index (χ0) is 6.53. The lowest BCUT2D eigenvalue weighted by Gasteiger charge is -1.90. The number of halogens is 1. The van der Waals surface area contributed by atoms with E-state index in [-0.39, 0.29) is 0 Å². The molecular weight excluding hydrogens is 229 g/mol. The lowest BCUT2D eigenvalue weighted by Crippen LogP contribution is -2.03. The molecular formula is C5H8IN3. The standard InChI is InChI=1S/C5H8IN3/c6-9-2-1-5-3-7-4-8-5/h3-4,9H,1-2H2,(H,7,8). The Morgan fingerprint density at radius 1 is 1.78 bits per heavy atom. The van der Waals surface area contributed by atoms with Crippen LogP contribution < -0.4 is 3.53 Å². The molecule has 2 N–H and O–H groups in total. The molecule has 3 nitrogen and oxygen atoms in total. The van der Waals surface area contributed by atoms with Crippen LogP contribution in [0.1, 0.15) is 5.69 Å². The monoisotopic (exact) mass is 237 g/mol. The highest BCUT2D eigenvalue weighted by Crippen LogP contribution is 1.90. The third kappa shape index (κ3) is 2.31. The van der Waals surface area contributed by atoms with E-state index in [0.29, 0.717) is 0 Å². The van der Waals surface area contributed by atoms with Gasteiger partial charge in [-0.05, 0) is 0 Å². The smallest absolute Gasteiger partial charge is 0.0923 e. The molecule has 0 saturated heterocycles. The Hall–Kier alpha value is -0.100. The van der Waals surface area contributed by atoms with Crippen molar-refractivity contribution in [3.8, 4) is 0 Å². The van der Waals surface area contributed by atoms with E-state index in [1.54, 1.807) is 6.33 Å². The van der Waals surface area contributed by atoms with Gasteiger partial charge in [-0.15, -0.1) is 0 Å². The maximum atomic E-state index is 4.05. The fraction of sp³-hybridized carbons (Fsp3) is 0.400. The summed E-state index contributed by atoms with van der Waals surface area (Å²) >= 11 is 2.12. The van der Waals surface area contributed by atoms with Crippen molar-refractivity contribution in [3.05, 3.63) is 18.2 Å². The zero-order valence-corrected chi connectivity index (χ0v) is 7.05. The number of rotatable bonds is 3. The van der Waals surface area contributed by atoms with Crippen molar-refractivity contribution in [3.63, 3.8) is 0 Å². The van der Waals surface area contributed by atoms with Crippen LogP contribution in [0.25, 0.3) is 0 Å². The van der Waals surface area contributed by atoms with E-state index in [4.69, 9.17) is 0 Å². The summed E-state index contributed by atoms with van der Waals surface area (Å²) in [5.41, 5.74) is 1.11. The second-order valence-corrected chi connectivity index (χ2v) is 2.46. The van der Waals surface area contributed by atoms with Crippen LogP contribution >= 0.6 is 22.9 Å². The number of hydrogen-bond donors (Lipinski definition) is 2. The lowest BCUT2D eigenvalue weighted by molar-refractivity contribution is 0.904. The Morgan fingerprint density at radius 3 is 3.22 bits per heavy atom. The van der Waals surface area contributed by atoms with E-state index in [9.17, 15) is 0 Å². The van der Waals surface area contributed by atoms with Crippen LogP contribution in [-0.4, -0.2) is 16.5 Å². The molecule has 0 unspecified atom stereocenters. The predicted molar refractivity (Wildman–Crippen MR) is 44.3 cm³/mol. The van der Waals surface area contributed by atoms with Gasteiger partial charge in [0.1, 0.15) is 0 Å². The number of aromatic nitrogens is 2. The van der Waals surface area contributed by atoms with E-state index in [1.807, 2.05) is 6.20 Å². The van der Waals surface area contributed by atoms with E-state index in [2.05, 4.69) is 36.4 Å². The van der Waals surface area contributed by atoms with E-state index in [1.165, 1.54) is 0 Å². The molecule has 0 spiro atoms. The number of nitrogens with one attached hydrogen (secondary N) is 2. The molecule has 0 atom stereocenters. The molecule has 0 bridgehead atoms. The molecule has 0 aromatic carbocycles. The molecule has 0 radical (unpaired) electrons. The van der Waals surface area contributed by atoms with Gasteiger partial charge in [0.05, 0.1) is 12.0 Å². The minimum absolute atomic E-state index is 0.978. The molecule has 1 aromatic heterocycles. The first kappa shape index (κ1) is 7.01. The average molecular weight is 237 g/mol. The average Bonchev–Trinajstić information content (AvgIpc) is 2.34. The van der Waals surface area contributed by atoms with Crippen LogP contribution in [0.4, 0.5) is 0 Å². The largest absolute Gasteiger partial charge is 0.351 e. The van der Waals surface area contributed by atoms with Crippen LogP contribution in [0.5, 0.6) is 0 Å². The number of H-pyrrole nitrogens is 1. The highest BCUT2D eigenvalue weighted by atomic mass is 127. The predicted octanol–water partition coefficient (Wildman–Crippen LogP) is 0.892. The lowest BCUT2D eigenvalue weighted by atomic mass is 10.3. The molecule has 4 heteroatoms. The van der Waals surface area contributed by atoms with Crippen molar-refractivity contribution in [2.45, 2.75) is 6.42 Å². The Labute approximate surface area is 67.8 Å². The highest BCUT2D eigenvalue weighted by Gasteiger charge is 1.90. The van der Waals surface area contributed by atoms with E-state index in [0.717, 1.165) is 18.7 Å². The molecule has 1 aromatic rings. The second-order valence-electron chi connectivity index (χ2n) is 1.69. The maximum Gasteiger partial charge on any atom is 0.0923 e. The number of nitrogens with zero attached hydrogens (tertiary/aromatic N) is 1. The highest BCUT2D eigenvalue weighted by molar-refractivity contribution is 14.1. The first-order valence-electron chi connectivity index (χ1n) is 2.74. The Bertz CT molecular complexity index is 149.